The summed E-state index contributed by atoms with van der Waals surface area (Å²) in [4.78, 5) is 29.0. The van der Waals surface area contributed by atoms with Crippen LogP contribution in [0.15, 0.2) is 48.5 Å². The Hall–Kier alpha value is -3.35. The van der Waals surface area contributed by atoms with E-state index >= 15 is 0 Å². The van der Waals surface area contributed by atoms with Crippen LogP contribution in [0.25, 0.3) is 6.08 Å². The highest BCUT2D eigenvalue weighted by Gasteiger charge is 2.46. The Morgan fingerprint density at radius 2 is 1.65 bits per heavy atom. The summed E-state index contributed by atoms with van der Waals surface area (Å²) in [5.41, 5.74) is 1.88. The number of fused-ring (bicyclic) bond motifs is 1. The van der Waals surface area contributed by atoms with Crippen molar-refractivity contribution in [3.63, 3.8) is 0 Å². The lowest BCUT2D eigenvalue weighted by molar-refractivity contribution is -0.138. The fraction of sp³-hybridized carbons (Fsp3) is 0.333. The second-order valence-electron chi connectivity index (χ2n) is 8.10. The minimum Gasteiger partial charge on any atom is -0.454 e. The molecule has 1 saturated carbocycles. The molecule has 5 rings (SSSR count). The molecule has 7 heteroatoms. The van der Waals surface area contributed by atoms with Gasteiger partial charge in [-0.05, 0) is 53.8 Å². The third-order valence-electron chi connectivity index (χ3n) is 6.12. The van der Waals surface area contributed by atoms with Gasteiger partial charge in [0.05, 0.1) is 0 Å². The molecule has 0 unspecified atom stereocenters. The van der Waals surface area contributed by atoms with E-state index in [1.165, 1.54) is 12.1 Å². The molecule has 2 aromatic rings. The van der Waals surface area contributed by atoms with Gasteiger partial charge in [-0.25, -0.2) is 4.39 Å². The van der Waals surface area contributed by atoms with E-state index in [-0.39, 0.29) is 36.3 Å². The molecule has 6 nitrogen and oxygen atoms in total. The van der Waals surface area contributed by atoms with E-state index in [1.54, 1.807) is 29.2 Å². The number of benzene rings is 2. The topological polar surface area (TPSA) is 59.1 Å². The smallest absolute Gasteiger partial charge is 0.246 e. The van der Waals surface area contributed by atoms with Gasteiger partial charge in [-0.15, -0.1) is 0 Å². The summed E-state index contributed by atoms with van der Waals surface area (Å²) in [5.74, 6) is 1.34. The number of carbonyl (C=O) groups is 2. The molecule has 31 heavy (non-hydrogen) atoms. The summed E-state index contributed by atoms with van der Waals surface area (Å²) in [7, 11) is 0. The molecule has 1 saturated heterocycles. The van der Waals surface area contributed by atoms with E-state index in [0.717, 1.165) is 17.5 Å². The summed E-state index contributed by atoms with van der Waals surface area (Å²) in [6.07, 6.45) is 4.13. The number of halogens is 1. The summed E-state index contributed by atoms with van der Waals surface area (Å²) in [6, 6.07) is 11.9. The molecule has 2 aliphatic heterocycles. The molecule has 0 radical (unpaired) electrons. The number of nitrogens with zero attached hydrogens (tertiary/aromatic N) is 2. The number of amides is 2. The van der Waals surface area contributed by atoms with Crippen LogP contribution in [-0.2, 0) is 9.59 Å². The van der Waals surface area contributed by atoms with Crippen molar-refractivity contribution in [1.82, 2.24) is 9.80 Å². The Bertz CT molecular complexity index is 1030. The maximum absolute atomic E-state index is 13.1. The van der Waals surface area contributed by atoms with Crippen LogP contribution >= 0.6 is 0 Å². The number of ether oxygens (including phenoxy) is 2. The zero-order valence-corrected chi connectivity index (χ0v) is 17.0. The van der Waals surface area contributed by atoms with E-state index in [2.05, 4.69) is 0 Å². The lowest BCUT2D eigenvalue weighted by atomic mass is 10.1. The van der Waals surface area contributed by atoms with Gasteiger partial charge >= 0.3 is 0 Å². The molecular formula is C24H23FN2O4. The lowest BCUT2D eigenvalue weighted by Crippen LogP contribution is -2.50. The van der Waals surface area contributed by atoms with Crippen LogP contribution < -0.4 is 9.47 Å². The summed E-state index contributed by atoms with van der Waals surface area (Å²) in [5, 5.41) is 0. The Morgan fingerprint density at radius 3 is 2.42 bits per heavy atom. The molecule has 0 aromatic heterocycles. The van der Waals surface area contributed by atoms with E-state index in [1.807, 2.05) is 23.1 Å². The fourth-order valence-electron chi connectivity index (χ4n) is 4.22. The second kappa shape index (κ2) is 8.06. The standard InChI is InChI=1S/C24H23FN2O4/c25-18-5-3-17(4-6-18)19-14-20(19)24(29)27-11-9-26(10-12-27)23(28)8-2-16-1-7-21-22(13-16)31-15-30-21/h1-8,13,19-20H,9-12,14-15H2/b8-2+/t19-,20-/m1/s1. The van der Waals surface area contributed by atoms with Crippen LogP contribution in [0.4, 0.5) is 4.39 Å². The second-order valence-corrected chi connectivity index (χ2v) is 8.10. The van der Waals surface area contributed by atoms with Gasteiger partial charge in [0.2, 0.25) is 18.6 Å². The molecule has 2 fully saturated rings. The monoisotopic (exact) mass is 422 g/mol. The van der Waals surface area contributed by atoms with Crippen molar-refractivity contribution >= 4 is 17.9 Å². The van der Waals surface area contributed by atoms with Crippen molar-refractivity contribution < 1.29 is 23.5 Å². The molecule has 1 aliphatic carbocycles. The maximum Gasteiger partial charge on any atom is 0.246 e. The zero-order valence-electron chi connectivity index (χ0n) is 17.0. The predicted octanol–water partition coefficient (Wildman–Crippen LogP) is 3.04. The molecular weight excluding hydrogens is 399 g/mol. The van der Waals surface area contributed by atoms with Crippen LogP contribution in [0.1, 0.15) is 23.5 Å². The van der Waals surface area contributed by atoms with Crippen LogP contribution in [0.3, 0.4) is 0 Å². The normalized spacial score (nSPS) is 22.1. The highest BCUT2D eigenvalue weighted by atomic mass is 19.1. The third-order valence-corrected chi connectivity index (χ3v) is 6.12. The first-order valence-electron chi connectivity index (χ1n) is 10.5. The number of rotatable bonds is 4. The lowest BCUT2D eigenvalue weighted by Gasteiger charge is -2.34. The highest BCUT2D eigenvalue weighted by molar-refractivity contribution is 5.92. The van der Waals surface area contributed by atoms with Gasteiger partial charge in [0.1, 0.15) is 5.82 Å². The van der Waals surface area contributed by atoms with Crippen molar-refractivity contribution in [2.75, 3.05) is 33.0 Å². The Kier molecular flexibility index (Phi) is 5.10. The minimum atomic E-state index is -0.263. The first-order chi connectivity index (χ1) is 15.1. The minimum absolute atomic E-state index is 0.0291. The van der Waals surface area contributed by atoms with E-state index in [0.29, 0.717) is 37.7 Å². The maximum atomic E-state index is 13.1. The Morgan fingerprint density at radius 1 is 0.935 bits per heavy atom. The van der Waals surface area contributed by atoms with Crippen LogP contribution in [0.5, 0.6) is 11.5 Å². The molecule has 0 spiro atoms. The van der Waals surface area contributed by atoms with Crippen LogP contribution in [0, 0.1) is 11.7 Å². The summed E-state index contributed by atoms with van der Waals surface area (Å²) in [6.45, 7) is 2.33. The average Bonchev–Trinajstić information content (AvgIpc) is 3.46. The molecule has 0 bridgehead atoms. The van der Waals surface area contributed by atoms with Gasteiger partial charge in [0.25, 0.3) is 0 Å². The SMILES string of the molecule is O=C(/C=C/c1ccc2c(c1)OCO2)N1CCN(C(=O)[C@@H]2C[C@@H]2c2ccc(F)cc2)CC1. The number of piperazine rings is 1. The largest absolute Gasteiger partial charge is 0.454 e. The molecule has 2 amide bonds. The van der Waals surface area contributed by atoms with Gasteiger partial charge in [0.15, 0.2) is 11.5 Å². The first-order valence-corrected chi connectivity index (χ1v) is 10.5. The van der Waals surface area contributed by atoms with Crippen LogP contribution in [0.2, 0.25) is 0 Å². The average molecular weight is 422 g/mol. The van der Waals surface area contributed by atoms with Gasteiger partial charge < -0.3 is 19.3 Å². The summed E-state index contributed by atoms with van der Waals surface area (Å²) < 4.78 is 23.7. The molecule has 0 N–H and O–H groups in total. The number of hydrogen-bond acceptors (Lipinski definition) is 4. The van der Waals surface area contributed by atoms with Crippen molar-refractivity contribution in [3.8, 4) is 11.5 Å². The molecule has 2 heterocycles. The number of hydrogen-bond donors (Lipinski definition) is 0. The Balaban J connectivity index is 1.12. The van der Waals surface area contributed by atoms with Crippen molar-refractivity contribution in [2.45, 2.75) is 12.3 Å². The quantitative estimate of drug-likeness (QED) is 0.711. The van der Waals surface area contributed by atoms with Crippen molar-refractivity contribution in [2.24, 2.45) is 5.92 Å². The molecule has 2 aromatic carbocycles. The summed E-state index contributed by atoms with van der Waals surface area (Å²) >= 11 is 0. The molecule has 160 valence electrons. The van der Waals surface area contributed by atoms with Gasteiger partial charge in [0, 0.05) is 38.2 Å². The number of carbonyl (C=O) groups excluding carboxylic acids is 2. The van der Waals surface area contributed by atoms with Gasteiger partial charge in [-0.1, -0.05) is 18.2 Å². The van der Waals surface area contributed by atoms with Gasteiger partial charge in [-0.2, -0.15) is 0 Å². The fourth-order valence-corrected chi connectivity index (χ4v) is 4.22. The zero-order chi connectivity index (χ0) is 21.4. The van der Waals surface area contributed by atoms with Crippen molar-refractivity contribution in [1.29, 1.82) is 0 Å². The highest BCUT2D eigenvalue weighted by Crippen LogP contribution is 2.48. The van der Waals surface area contributed by atoms with E-state index in [9.17, 15) is 14.0 Å². The predicted molar refractivity (Wildman–Crippen MR) is 112 cm³/mol. The third kappa shape index (κ3) is 4.13. The first kappa shape index (κ1) is 19.6. The molecule has 2 atom stereocenters. The molecule has 3 aliphatic rings. The Labute approximate surface area is 179 Å². The van der Waals surface area contributed by atoms with E-state index < -0.39 is 0 Å². The van der Waals surface area contributed by atoms with Crippen LogP contribution in [-0.4, -0.2) is 54.6 Å². The van der Waals surface area contributed by atoms with Gasteiger partial charge in [-0.3, -0.25) is 9.59 Å². The van der Waals surface area contributed by atoms with E-state index in [4.69, 9.17) is 9.47 Å². The van der Waals surface area contributed by atoms with Crippen molar-refractivity contribution in [3.05, 3.63) is 65.5 Å².